The summed E-state index contributed by atoms with van der Waals surface area (Å²) in [5.74, 6) is 1.42. The highest BCUT2D eigenvalue weighted by atomic mass is 35.5. The number of halogens is 2. The molecule has 1 aromatic carbocycles. The predicted octanol–water partition coefficient (Wildman–Crippen LogP) is 3.10. The normalized spacial score (nSPS) is 15.3. The molecule has 1 aliphatic carbocycles. The van der Waals surface area contributed by atoms with Crippen molar-refractivity contribution in [2.24, 2.45) is 11.7 Å². The van der Waals surface area contributed by atoms with Gasteiger partial charge in [-0.25, -0.2) is 0 Å². The Bertz CT molecular complexity index is 441. The monoisotopic (exact) mass is 334 g/mol. The fourth-order valence-corrected chi connectivity index (χ4v) is 3.15. The molecule has 20 heavy (non-hydrogen) atoms. The number of carbonyl (C=O) groups is 1. The lowest BCUT2D eigenvalue weighted by Crippen LogP contribution is -2.41. The lowest BCUT2D eigenvalue weighted by Gasteiger charge is -2.15. The lowest BCUT2D eigenvalue weighted by atomic mass is 10.2. The van der Waals surface area contributed by atoms with Gasteiger partial charge in [-0.1, -0.05) is 23.7 Å². The summed E-state index contributed by atoms with van der Waals surface area (Å²) in [5.41, 5.74) is 5.66. The summed E-state index contributed by atoms with van der Waals surface area (Å²) in [6.07, 6.45) is 2.88. The number of nitrogens with one attached hydrogen (secondary N) is 1. The molecular formula is C14H20Cl2N2OS. The fraction of sp³-hybridized carbons (Fsp3) is 0.500. The second-order valence-electron chi connectivity index (χ2n) is 4.78. The van der Waals surface area contributed by atoms with E-state index in [1.54, 1.807) is 11.8 Å². The number of rotatable bonds is 7. The van der Waals surface area contributed by atoms with Crippen LogP contribution < -0.4 is 11.1 Å². The maximum absolute atomic E-state index is 11.8. The van der Waals surface area contributed by atoms with Gasteiger partial charge in [0.25, 0.3) is 0 Å². The van der Waals surface area contributed by atoms with E-state index in [1.165, 1.54) is 12.8 Å². The van der Waals surface area contributed by atoms with Crippen LogP contribution in [0.3, 0.4) is 0 Å². The summed E-state index contributed by atoms with van der Waals surface area (Å²) in [5, 5.41) is 3.76. The van der Waals surface area contributed by atoms with Crippen LogP contribution in [-0.2, 0) is 4.79 Å². The Morgan fingerprint density at radius 1 is 1.45 bits per heavy atom. The topological polar surface area (TPSA) is 55.1 Å². The molecule has 1 aliphatic rings. The summed E-state index contributed by atoms with van der Waals surface area (Å²) in [4.78, 5) is 12.8. The van der Waals surface area contributed by atoms with E-state index in [9.17, 15) is 4.79 Å². The molecule has 1 unspecified atom stereocenters. The van der Waals surface area contributed by atoms with E-state index in [2.05, 4.69) is 5.32 Å². The third-order valence-corrected chi connectivity index (χ3v) is 4.73. The van der Waals surface area contributed by atoms with Gasteiger partial charge in [-0.15, -0.1) is 24.2 Å². The number of carbonyl (C=O) groups excluding carboxylic acids is 1. The van der Waals surface area contributed by atoms with Gasteiger partial charge in [-0.05, 0) is 30.9 Å². The molecule has 0 aromatic heterocycles. The third-order valence-electron chi connectivity index (χ3n) is 3.21. The molecule has 3 N–H and O–H groups in total. The SMILES string of the molecule is Cl.NCC(NC(=O)CCSc1ccccc1Cl)C1CC1. The van der Waals surface area contributed by atoms with E-state index in [4.69, 9.17) is 17.3 Å². The molecule has 112 valence electrons. The minimum absolute atomic E-state index is 0. The van der Waals surface area contributed by atoms with Gasteiger partial charge in [-0.2, -0.15) is 0 Å². The first-order valence-electron chi connectivity index (χ1n) is 6.57. The molecule has 1 saturated carbocycles. The van der Waals surface area contributed by atoms with Gasteiger partial charge >= 0.3 is 0 Å². The Labute approximate surface area is 135 Å². The third kappa shape index (κ3) is 5.52. The number of hydrogen-bond acceptors (Lipinski definition) is 3. The van der Waals surface area contributed by atoms with Crippen LogP contribution in [0.15, 0.2) is 29.2 Å². The molecule has 1 aromatic rings. The Balaban J connectivity index is 0.00000200. The van der Waals surface area contributed by atoms with E-state index in [0.717, 1.165) is 15.7 Å². The largest absolute Gasteiger partial charge is 0.352 e. The summed E-state index contributed by atoms with van der Waals surface area (Å²) in [7, 11) is 0. The minimum Gasteiger partial charge on any atom is -0.352 e. The Morgan fingerprint density at radius 3 is 2.75 bits per heavy atom. The second kappa shape index (κ2) is 8.78. The zero-order valence-electron chi connectivity index (χ0n) is 11.2. The van der Waals surface area contributed by atoms with Gasteiger partial charge in [0, 0.05) is 29.7 Å². The number of thioether (sulfide) groups is 1. The van der Waals surface area contributed by atoms with Crippen molar-refractivity contribution in [3.8, 4) is 0 Å². The Morgan fingerprint density at radius 2 is 2.15 bits per heavy atom. The molecule has 1 atom stereocenters. The van der Waals surface area contributed by atoms with Gasteiger partial charge in [0.2, 0.25) is 5.91 Å². The number of benzene rings is 1. The van der Waals surface area contributed by atoms with Gasteiger partial charge in [0.1, 0.15) is 0 Å². The highest BCUT2D eigenvalue weighted by molar-refractivity contribution is 7.99. The van der Waals surface area contributed by atoms with Crippen molar-refractivity contribution < 1.29 is 4.79 Å². The lowest BCUT2D eigenvalue weighted by molar-refractivity contribution is -0.121. The smallest absolute Gasteiger partial charge is 0.221 e. The molecule has 3 nitrogen and oxygen atoms in total. The maximum atomic E-state index is 11.8. The van der Waals surface area contributed by atoms with Gasteiger partial charge in [-0.3, -0.25) is 4.79 Å². The molecule has 0 heterocycles. The quantitative estimate of drug-likeness (QED) is 0.753. The van der Waals surface area contributed by atoms with Crippen LogP contribution in [0.2, 0.25) is 5.02 Å². The van der Waals surface area contributed by atoms with Crippen molar-refractivity contribution in [2.75, 3.05) is 12.3 Å². The maximum Gasteiger partial charge on any atom is 0.221 e. The first-order valence-corrected chi connectivity index (χ1v) is 7.94. The Kier molecular flexibility index (Phi) is 7.74. The van der Waals surface area contributed by atoms with E-state index >= 15 is 0 Å². The average molecular weight is 335 g/mol. The van der Waals surface area contributed by atoms with Crippen LogP contribution in [0.25, 0.3) is 0 Å². The predicted molar refractivity (Wildman–Crippen MR) is 87.8 cm³/mol. The molecule has 1 fully saturated rings. The molecule has 1 amide bonds. The molecule has 2 rings (SSSR count). The Hall–Kier alpha value is -0.420. The first-order chi connectivity index (χ1) is 9.20. The summed E-state index contributed by atoms with van der Waals surface area (Å²) in [6.45, 7) is 0.536. The van der Waals surface area contributed by atoms with Crippen LogP contribution in [-0.4, -0.2) is 24.2 Å². The second-order valence-corrected chi connectivity index (χ2v) is 6.32. The van der Waals surface area contributed by atoms with Crippen LogP contribution >= 0.6 is 35.8 Å². The molecule has 0 bridgehead atoms. The summed E-state index contributed by atoms with van der Waals surface area (Å²) in [6, 6.07) is 7.85. The van der Waals surface area contributed by atoms with Crippen molar-refractivity contribution in [3.63, 3.8) is 0 Å². The fourth-order valence-electron chi connectivity index (χ4n) is 1.96. The van der Waals surface area contributed by atoms with Crippen molar-refractivity contribution in [1.29, 1.82) is 0 Å². The van der Waals surface area contributed by atoms with Crippen molar-refractivity contribution in [3.05, 3.63) is 29.3 Å². The number of nitrogens with two attached hydrogens (primary N) is 1. The molecule has 0 saturated heterocycles. The minimum atomic E-state index is 0. The van der Waals surface area contributed by atoms with Crippen LogP contribution in [0.5, 0.6) is 0 Å². The van der Waals surface area contributed by atoms with E-state index in [-0.39, 0.29) is 24.4 Å². The summed E-state index contributed by atoms with van der Waals surface area (Å²) < 4.78 is 0. The standard InChI is InChI=1S/C14H19ClN2OS.ClH/c15-11-3-1-2-4-13(11)19-8-7-14(18)17-12(9-16)10-5-6-10;/h1-4,10,12H,5-9,16H2,(H,17,18);1H. The number of amides is 1. The average Bonchev–Trinajstić information content (AvgIpc) is 3.22. The molecule has 0 radical (unpaired) electrons. The molecule has 6 heteroatoms. The van der Waals surface area contributed by atoms with Crippen molar-refractivity contribution in [2.45, 2.75) is 30.2 Å². The van der Waals surface area contributed by atoms with Crippen LogP contribution in [0.1, 0.15) is 19.3 Å². The first kappa shape index (κ1) is 17.6. The summed E-state index contributed by atoms with van der Waals surface area (Å²) >= 11 is 7.67. The van der Waals surface area contributed by atoms with Gasteiger partial charge in [0.05, 0.1) is 5.02 Å². The highest BCUT2D eigenvalue weighted by Crippen LogP contribution is 2.32. The van der Waals surface area contributed by atoms with Crippen molar-refractivity contribution >= 4 is 41.7 Å². The molecule has 0 spiro atoms. The van der Waals surface area contributed by atoms with Crippen molar-refractivity contribution in [1.82, 2.24) is 5.32 Å². The zero-order chi connectivity index (χ0) is 13.7. The van der Waals surface area contributed by atoms with Gasteiger partial charge < -0.3 is 11.1 Å². The molecular weight excluding hydrogens is 315 g/mol. The van der Waals surface area contributed by atoms with E-state index in [0.29, 0.717) is 18.9 Å². The zero-order valence-corrected chi connectivity index (χ0v) is 13.6. The number of hydrogen-bond donors (Lipinski definition) is 2. The molecule has 0 aliphatic heterocycles. The van der Waals surface area contributed by atoms with E-state index in [1.807, 2.05) is 24.3 Å². The van der Waals surface area contributed by atoms with Crippen LogP contribution in [0, 0.1) is 5.92 Å². The van der Waals surface area contributed by atoms with Gasteiger partial charge in [0.15, 0.2) is 0 Å². The van der Waals surface area contributed by atoms with Crippen LogP contribution in [0.4, 0.5) is 0 Å². The van der Waals surface area contributed by atoms with E-state index < -0.39 is 0 Å². The highest BCUT2D eigenvalue weighted by Gasteiger charge is 2.30.